The normalized spacial score (nSPS) is 14.3. The molecule has 2 aromatic carbocycles. The first-order valence-electron chi connectivity index (χ1n) is 9.43. The molecule has 0 unspecified atom stereocenters. The highest BCUT2D eigenvalue weighted by atomic mass is 35.5. The fourth-order valence-corrected chi connectivity index (χ4v) is 3.78. The summed E-state index contributed by atoms with van der Waals surface area (Å²) in [6.07, 6.45) is 1.62. The zero-order valence-electron chi connectivity index (χ0n) is 15.8. The van der Waals surface area contributed by atoms with Gasteiger partial charge in [0.2, 0.25) is 0 Å². The number of hydrogen-bond donors (Lipinski definition) is 2. The largest absolute Gasteiger partial charge is 0.508 e. The number of halogens is 1. The Balaban J connectivity index is 1.67. The molecule has 0 saturated carbocycles. The summed E-state index contributed by atoms with van der Waals surface area (Å²) >= 11 is 6.34. The molecule has 1 saturated heterocycles. The third kappa shape index (κ3) is 4.30. The summed E-state index contributed by atoms with van der Waals surface area (Å²) in [5.74, 6) is 0.261. The van der Waals surface area contributed by atoms with Gasteiger partial charge in [-0.05, 0) is 54.3 Å². The lowest BCUT2D eigenvalue weighted by Gasteiger charge is -2.36. The van der Waals surface area contributed by atoms with E-state index in [1.807, 2.05) is 36.1 Å². The minimum absolute atomic E-state index is 0.0768. The number of piperazine rings is 1. The van der Waals surface area contributed by atoms with Gasteiger partial charge in [0.05, 0.1) is 5.69 Å². The number of carbonyl (C=O) groups excluding carboxylic acids is 1. The van der Waals surface area contributed by atoms with Gasteiger partial charge in [0, 0.05) is 36.9 Å². The summed E-state index contributed by atoms with van der Waals surface area (Å²) < 4.78 is 0. The summed E-state index contributed by atoms with van der Waals surface area (Å²) in [4.78, 5) is 16.9. The number of hydrogen-bond acceptors (Lipinski definition) is 3. The summed E-state index contributed by atoms with van der Waals surface area (Å²) in [6, 6.07) is 11.0. The number of aromatic hydroxyl groups is 1. The average Bonchev–Trinajstić information content (AvgIpc) is 2.69. The Morgan fingerprint density at radius 2 is 1.70 bits per heavy atom. The maximum Gasteiger partial charge on any atom is 0.321 e. The summed E-state index contributed by atoms with van der Waals surface area (Å²) in [5.41, 5.74) is 4.02. The first-order valence-corrected chi connectivity index (χ1v) is 9.81. The highest BCUT2D eigenvalue weighted by Gasteiger charge is 2.23. The van der Waals surface area contributed by atoms with Crippen molar-refractivity contribution < 1.29 is 9.90 Å². The van der Waals surface area contributed by atoms with Crippen LogP contribution >= 0.6 is 11.6 Å². The van der Waals surface area contributed by atoms with Crippen molar-refractivity contribution in [2.24, 2.45) is 0 Å². The van der Waals surface area contributed by atoms with E-state index < -0.39 is 0 Å². The number of aryl methyl sites for hydroxylation is 1. The second-order valence-corrected chi connectivity index (χ2v) is 7.10. The van der Waals surface area contributed by atoms with E-state index in [-0.39, 0.29) is 11.8 Å². The molecule has 2 amide bonds. The summed E-state index contributed by atoms with van der Waals surface area (Å²) in [7, 11) is 0. The lowest BCUT2D eigenvalue weighted by Crippen LogP contribution is -2.50. The van der Waals surface area contributed by atoms with E-state index >= 15 is 0 Å². The minimum atomic E-state index is -0.0768. The highest BCUT2D eigenvalue weighted by Crippen LogP contribution is 2.30. The number of rotatable bonds is 4. The molecule has 27 heavy (non-hydrogen) atoms. The standard InChI is InChI=1S/C21H26ClN3O2/c1-3-15-5-10-19(22)18(4-2)20(15)23-21(27)25-13-11-24(12-14-25)16-6-8-17(26)9-7-16/h5-10,26H,3-4,11-14H2,1-2H3,(H,23,27). The first-order chi connectivity index (χ1) is 13.0. The Morgan fingerprint density at radius 1 is 1.04 bits per heavy atom. The van der Waals surface area contributed by atoms with E-state index in [0.29, 0.717) is 18.1 Å². The molecule has 1 aliphatic rings. The van der Waals surface area contributed by atoms with Gasteiger partial charge in [-0.15, -0.1) is 0 Å². The number of benzene rings is 2. The number of nitrogens with zero attached hydrogens (tertiary/aromatic N) is 2. The number of phenolic OH excluding ortho intramolecular Hbond substituents is 1. The minimum Gasteiger partial charge on any atom is -0.508 e. The van der Waals surface area contributed by atoms with Crippen LogP contribution in [0.5, 0.6) is 5.75 Å². The van der Waals surface area contributed by atoms with Gasteiger partial charge in [0.1, 0.15) is 5.75 Å². The van der Waals surface area contributed by atoms with Gasteiger partial charge in [0.25, 0.3) is 0 Å². The molecular weight excluding hydrogens is 362 g/mol. The van der Waals surface area contributed by atoms with Crippen LogP contribution in [0.2, 0.25) is 5.02 Å². The van der Waals surface area contributed by atoms with Crippen molar-refractivity contribution in [2.45, 2.75) is 26.7 Å². The molecule has 1 fully saturated rings. The van der Waals surface area contributed by atoms with E-state index in [1.54, 1.807) is 12.1 Å². The Bertz CT molecular complexity index is 800. The van der Waals surface area contributed by atoms with Crippen LogP contribution in [0.3, 0.4) is 0 Å². The fraction of sp³-hybridized carbons (Fsp3) is 0.381. The van der Waals surface area contributed by atoms with Gasteiger partial charge in [-0.1, -0.05) is 31.5 Å². The Morgan fingerprint density at radius 3 is 2.30 bits per heavy atom. The zero-order chi connectivity index (χ0) is 19.4. The van der Waals surface area contributed by atoms with Crippen molar-refractivity contribution in [1.29, 1.82) is 0 Å². The van der Waals surface area contributed by atoms with Crippen LogP contribution in [0.15, 0.2) is 36.4 Å². The van der Waals surface area contributed by atoms with Gasteiger partial charge < -0.3 is 20.2 Å². The third-order valence-electron chi connectivity index (χ3n) is 5.09. The summed E-state index contributed by atoms with van der Waals surface area (Å²) in [5, 5.41) is 13.2. The van der Waals surface area contributed by atoms with Crippen LogP contribution in [-0.2, 0) is 12.8 Å². The van der Waals surface area contributed by atoms with E-state index in [0.717, 1.165) is 48.4 Å². The van der Waals surface area contributed by atoms with Crippen LogP contribution < -0.4 is 10.2 Å². The number of urea groups is 1. The van der Waals surface area contributed by atoms with Gasteiger partial charge in [-0.25, -0.2) is 4.79 Å². The van der Waals surface area contributed by atoms with E-state index in [4.69, 9.17) is 11.6 Å². The molecule has 144 valence electrons. The number of phenols is 1. The molecule has 5 nitrogen and oxygen atoms in total. The second kappa shape index (κ2) is 8.53. The number of amides is 2. The van der Waals surface area contributed by atoms with Gasteiger partial charge in [-0.2, -0.15) is 0 Å². The van der Waals surface area contributed by atoms with Gasteiger partial charge >= 0.3 is 6.03 Å². The molecule has 6 heteroatoms. The van der Waals surface area contributed by atoms with Gasteiger partial charge in [-0.3, -0.25) is 0 Å². The van der Waals surface area contributed by atoms with Crippen LogP contribution in [0, 0.1) is 0 Å². The molecule has 0 bridgehead atoms. The van der Waals surface area contributed by atoms with Crippen molar-refractivity contribution >= 4 is 29.0 Å². The van der Waals surface area contributed by atoms with Crippen molar-refractivity contribution in [3.8, 4) is 5.75 Å². The maximum atomic E-state index is 12.8. The molecule has 0 atom stereocenters. The lowest BCUT2D eigenvalue weighted by atomic mass is 10.0. The molecular formula is C21H26ClN3O2. The molecule has 0 aliphatic carbocycles. The van der Waals surface area contributed by atoms with E-state index in [1.165, 1.54) is 0 Å². The smallest absolute Gasteiger partial charge is 0.321 e. The molecule has 2 aromatic rings. The van der Waals surface area contributed by atoms with E-state index in [2.05, 4.69) is 17.1 Å². The van der Waals surface area contributed by atoms with Crippen molar-refractivity contribution in [3.63, 3.8) is 0 Å². The molecule has 1 heterocycles. The topological polar surface area (TPSA) is 55.8 Å². The Hall–Kier alpha value is -2.40. The van der Waals surface area contributed by atoms with Crippen LogP contribution in [0.4, 0.5) is 16.2 Å². The van der Waals surface area contributed by atoms with Gasteiger partial charge in [0.15, 0.2) is 0 Å². The van der Waals surface area contributed by atoms with Crippen molar-refractivity contribution in [1.82, 2.24) is 4.90 Å². The van der Waals surface area contributed by atoms with Crippen LogP contribution in [-0.4, -0.2) is 42.2 Å². The lowest BCUT2D eigenvalue weighted by molar-refractivity contribution is 0.208. The predicted molar refractivity (Wildman–Crippen MR) is 111 cm³/mol. The maximum absolute atomic E-state index is 12.8. The van der Waals surface area contributed by atoms with Crippen molar-refractivity contribution in [3.05, 3.63) is 52.5 Å². The summed E-state index contributed by atoms with van der Waals surface area (Å²) in [6.45, 7) is 6.94. The second-order valence-electron chi connectivity index (χ2n) is 6.69. The number of carbonyl (C=O) groups is 1. The Kier molecular flexibility index (Phi) is 6.11. The average molecular weight is 388 g/mol. The monoisotopic (exact) mass is 387 g/mol. The SMILES string of the molecule is CCc1ccc(Cl)c(CC)c1NC(=O)N1CCN(c2ccc(O)cc2)CC1. The number of nitrogens with one attached hydrogen (secondary N) is 1. The quantitative estimate of drug-likeness (QED) is 0.810. The molecule has 3 rings (SSSR count). The van der Waals surface area contributed by atoms with Crippen molar-refractivity contribution in [2.75, 3.05) is 36.4 Å². The first kappa shape index (κ1) is 19.4. The van der Waals surface area contributed by atoms with Crippen LogP contribution in [0.25, 0.3) is 0 Å². The molecule has 0 spiro atoms. The van der Waals surface area contributed by atoms with E-state index in [9.17, 15) is 9.90 Å². The molecule has 0 radical (unpaired) electrons. The molecule has 0 aromatic heterocycles. The Labute approximate surface area is 165 Å². The highest BCUT2D eigenvalue weighted by molar-refractivity contribution is 6.32. The molecule has 2 N–H and O–H groups in total. The molecule has 1 aliphatic heterocycles. The predicted octanol–water partition coefficient (Wildman–Crippen LogP) is 4.52. The zero-order valence-corrected chi connectivity index (χ0v) is 16.6. The number of anilines is 2. The fourth-order valence-electron chi connectivity index (χ4n) is 3.48. The van der Waals surface area contributed by atoms with Crippen LogP contribution in [0.1, 0.15) is 25.0 Å². The third-order valence-corrected chi connectivity index (χ3v) is 5.44.